The first-order chi connectivity index (χ1) is 8.85. The Hall–Kier alpha value is -1.05. The van der Waals surface area contributed by atoms with Crippen molar-refractivity contribution in [3.05, 3.63) is 17.3 Å². The third kappa shape index (κ3) is 3.95. The molecule has 0 aliphatic carbocycles. The van der Waals surface area contributed by atoms with Crippen molar-refractivity contribution in [3.63, 3.8) is 0 Å². The van der Waals surface area contributed by atoms with E-state index in [4.69, 9.17) is 16.3 Å². The molecule has 0 spiro atoms. The topological polar surface area (TPSA) is 71.5 Å². The van der Waals surface area contributed by atoms with Gasteiger partial charge in [0.2, 0.25) is 10.0 Å². The van der Waals surface area contributed by atoms with E-state index in [0.29, 0.717) is 31.3 Å². The van der Waals surface area contributed by atoms with Crippen molar-refractivity contribution in [2.75, 3.05) is 35.6 Å². The normalized spacial score (nSPS) is 20.4. The fourth-order valence-electron chi connectivity index (χ4n) is 1.97. The second-order valence-electron chi connectivity index (χ2n) is 4.53. The number of morpholine rings is 1. The molecule has 6 nitrogen and oxygen atoms in total. The van der Waals surface area contributed by atoms with E-state index in [9.17, 15) is 8.42 Å². The predicted molar refractivity (Wildman–Crippen MR) is 75.3 cm³/mol. The Morgan fingerprint density at radius 1 is 1.53 bits per heavy atom. The van der Waals surface area contributed by atoms with Crippen molar-refractivity contribution in [1.82, 2.24) is 4.98 Å². The molecule has 1 aliphatic rings. The van der Waals surface area contributed by atoms with E-state index in [-0.39, 0.29) is 11.2 Å². The molecular formula is C11H16ClN3O3S. The van der Waals surface area contributed by atoms with Crippen LogP contribution >= 0.6 is 11.6 Å². The average Bonchev–Trinajstić information content (AvgIpc) is 2.26. The first-order valence-electron chi connectivity index (χ1n) is 5.85. The molecule has 1 aliphatic heterocycles. The highest BCUT2D eigenvalue weighted by molar-refractivity contribution is 7.92. The molecule has 8 heteroatoms. The van der Waals surface area contributed by atoms with E-state index in [1.165, 1.54) is 6.07 Å². The van der Waals surface area contributed by atoms with Gasteiger partial charge in [-0.3, -0.25) is 4.72 Å². The van der Waals surface area contributed by atoms with Gasteiger partial charge in [0.15, 0.2) is 0 Å². The van der Waals surface area contributed by atoms with Crippen LogP contribution in [-0.4, -0.2) is 45.5 Å². The molecule has 106 valence electrons. The van der Waals surface area contributed by atoms with Crippen LogP contribution in [0.15, 0.2) is 12.1 Å². The van der Waals surface area contributed by atoms with Gasteiger partial charge in [0.1, 0.15) is 11.0 Å². The van der Waals surface area contributed by atoms with E-state index < -0.39 is 10.0 Å². The minimum absolute atomic E-state index is 0.172. The molecule has 0 amide bonds. The Labute approximate surface area is 117 Å². The van der Waals surface area contributed by atoms with Crippen molar-refractivity contribution in [2.45, 2.75) is 13.0 Å². The van der Waals surface area contributed by atoms with Gasteiger partial charge in [-0.15, -0.1) is 0 Å². The number of ether oxygens (including phenoxy) is 1. The van der Waals surface area contributed by atoms with E-state index in [2.05, 4.69) is 9.71 Å². The van der Waals surface area contributed by atoms with Gasteiger partial charge in [-0.25, -0.2) is 13.4 Å². The summed E-state index contributed by atoms with van der Waals surface area (Å²) in [4.78, 5) is 6.28. The minimum atomic E-state index is -3.33. The largest absolute Gasteiger partial charge is 0.377 e. The SMILES string of the molecule is C[C@@H]1COCCN1c1cc(NS(C)(=O)=O)cc(Cl)n1. The number of hydrogen-bond acceptors (Lipinski definition) is 5. The Morgan fingerprint density at radius 3 is 2.89 bits per heavy atom. The molecule has 1 atom stereocenters. The van der Waals surface area contributed by atoms with Gasteiger partial charge in [-0.05, 0) is 13.0 Å². The average molecular weight is 306 g/mol. The molecule has 0 radical (unpaired) electrons. The van der Waals surface area contributed by atoms with E-state index in [1.807, 2.05) is 11.8 Å². The second kappa shape index (κ2) is 5.52. The van der Waals surface area contributed by atoms with E-state index in [0.717, 1.165) is 6.26 Å². The van der Waals surface area contributed by atoms with Crippen LogP contribution in [-0.2, 0) is 14.8 Å². The number of hydrogen-bond donors (Lipinski definition) is 1. The summed E-state index contributed by atoms with van der Waals surface area (Å²) < 4.78 is 30.3. The van der Waals surface area contributed by atoms with Crippen molar-refractivity contribution in [3.8, 4) is 0 Å². The minimum Gasteiger partial charge on any atom is -0.377 e. The van der Waals surface area contributed by atoms with Crippen molar-refractivity contribution >= 4 is 33.1 Å². The molecule has 1 aromatic rings. The maximum Gasteiger partial charge on any atom is 0.229 e. The lowest BCUT2D eigenvalue weighted by Gasteiger charge is -2.34. The number of halogens is 1. The fraction of sp³-hybridized carbons (Fsp3) is 0.545. The summed E-state index contributed by atoms with van der Waals surface area (Å²) in [6, 6.07) is 3.33. The molecule has 1 saturated heterocycles. The monoisotopic (exact) mass is 305 g/mol. The van der Waals surface area contributed by atoms with Crippen molar-refractivity contribution in [2.24, 2.45) is 0 Å². The molecule has 0 aromatic carbocycles. The molecule has 2 heterocycles. The molecule has 2 rings (SSSR count). The van der Waals surface area contributed by atoms with E-state index in [1.54, 1.807) is 6.07 Å². The molecule has 0 unspecified atom stereocenters. The standard InChI is InChI=1S/C11H16ClN3O3S/c1-8-7-18-4-3-15(8)11-6-9(5-10(12)13-11)14-19(2,16)17/h5-6,8H,3-4,7H2,1-2H3,(H,13,14)/t8-/m1/s1. The Kier molecular flexibility index (Phi) is 4.17. The third-order valence-corrected chi connectivity index (χ3v) is 3.55. The van der Waals surface area contributed by atoms with Crippen molar-refractivity contribution in [1.29, 1.82) is 0 Å². The second-order valence-corrected chi connectivity index (χ2v) is 6.66. The van der Waals surface area contributed by atoms with Gasteiger partial charge in [0, 0.05) is 12.6 Å². The third-order valence-electron chi connectivity index (χ3n) is 2.75. The number of pyridine rings is 1. The summed E-state index contributed by atoms with van der Waals surface area (Å²) in [6.45, 7) is 3.95. The summed E-state index contributed by atoms with van der Waals surface area (Å²) in [5, 5.41) is 0.252. The van der Waals surface area contributed by atoms with Crippen LogP contribution < -0.4 is 9.62 Å². The molecule has 1 fully saturated rings. The maximum absolute atomic E-state index is 11.3. The van der Waals surface area contributed by atoms with Crippen LogP contribution in [0.5, 0.6) is 0 Å². The summed E-state index contributed by atoms with van der Waals surface area (Å²) >= 11 is 5.94. The highest BCUT2D eigenvalue weighted by Crippen LogP contribution is 2.24. The zero-order valence-electron chi connectivity index (χ0n) is 10.8. The highest BCUT2D eigenvalue weighted by atomic mass is 35.5. The number of rotatable bonds is 3. The molecule has 0 bridgehead atoms. The summed E-state index contributed by atoms with van der Waals surface area (Å²) in [6.07, 6.45) is 1.10. The summed E-state index contributed by atoms with van der Waals surface area (Å²) in [5.74, 6) is 0.648. The lowest BCUT2D eigenvalue weighted by atomic mass is 10.2. The van der Waals surface area contributed by atoms with E-state index >= 15 is 0 Å². The smallest absolute Gasteiger partial charge is 0.229 e. The van der Waals surface area contributed by atoms with Gasteiger partial charge in [-0.1, -0.05) is 11.6 Å². The predicted octanol–water partition coefficient (Wildman–Crippen LogP) is 1.33. The van der Waals surface area contributed by atoms with Crippen LogP contribution in [0.25, 0.3) is 0 Å². The fourth-order valence-corrected chi connectivity index (χ4v) is 2.72. The molecule has 19 heavy (non-hydrogen) atoms. The Bertz CT molecular complexity index is 564. The van der Waals surface area contributed by atoms with Gasteiger partial charge >= 0.3 is 0 Å². The number of aromatic nitrogens is 1. The van der Waals surface area contributed by atoms with Gasteiger partial charge in [-0.2, -0.15) is 0 Å². The van der Waals surface area contributed by atoms with Crippen molar-refractivity contribution < 1.29 is 13.2 Å². The summed E-state index contributed by atoms with van der Waals surface area (Å²) in [5.41, 5.74) is 0.413. The molecular weight excluding hydrogens is 290 g/mol. The van der Waals surface area contributed by atoms with Crippen LogP contribution in [0.3, 0.4) is 0 Å². The zero-order valence-corrected chi connectivity index (χ0v) is 12.3. The zero-order chi connectivity index (χ0) is 14.0. The number of sulfonamides is 1. The molecule has 1 N–H and O–H groups in total. The first kappa shape index (κ1) is 14.4. The number of anilines is 2. The lowest BCUT2D eigenvalue weighted by Crippen LogP contribution is -2.44. The molecule has 1 aromatic heterocycles. The summed E-state index contributed by atoms with van der Waals surface area (Å²) in [7, 11) is -3.33. The Morgan fingerprint density at radius 2 is 2.26 bits per heavy atom. The van der Waals surface area contributed by atoms with Gasteiger partial charge in [0.25, 0.3) is 0 Å². The van der Waals surface area contributed by atoms with Crippen LogP contribution in [0, 0.1) is 0 Å². The maximum atomic E-state index is 11.3. The van der Waals surface area contributed by atoms with Gasteiger partial charge < -0.3 is 9.64 Å². The molecule has 0 saturated carbocycles. The first-order valence-corrected chi connectivity index (χ1v) is 8.12. The lowest BCUT2D eigenvalue weighted by molar-refractivity contribution is 0.0985. The van der Waals surface area contributed by atoms with Crippen LogP contribution in [0.1, 0.15) is 6.92 Å². The quantitative estimate of drug-likeness (QED) is 0.853. The van der Waals surface area contributed by atoms with Crippen LogP contribution in [0.2, 0.25) is 5.15 Å². The van der Waals surface area contributed by atoms with Crippen LogP contribution in [0.4, 0.5) is 11.5 Å². The van der Waals surface area contributed by atoms with Gasteiger partial charge in [0.05, 0.1) is 31.2 Å². The number of nitrogens with one attached hydrogen (secondary N) is 1. The number of nitrogens with zero attached hydrogens (tertiary/aromatic N) is 2. The Balaban J connectivity index is 2.30. The highest BCUT2D eigenvalue weighted by Gasteiger charge is 2.21.